The highest BCUT2D eigenvalue weighted by atomic mass is 32.1. The Kier molecular flexibility index (Phi) is 3.64. The van der Waals surface area contributed by atoms with E-state index in [0.29, 0.717) is 12.1 Å². The lowest BCUT2D eigenvalue weighted by molar-refractivity contribution is 0.0437. The van der Waals surface area contributed by atoms with Gasteiger partial charge in [-0.15, -0.1) is 0 Å². The van der Waals surface area contributed by atoms with Gasteiger partial charge < -0.3 is 4.90 Å². The third-order valence-electron chi connectivity index (χ3n) is 3.90. The van der Waals surface area contributed by atoms with Crippen LogP contribution in [0.1, 0.15) is 47.6 Å². The Hall–Kier alpha value is -1.41. The molecule has 1 fully saturated rings. The molecule has 0 saturated carbocycles. The summed E-state index contributed by atoms with van der Waals surface area (Å²) in [5.41, 5.74) is 1.31. The number of amides is 1. The molecule has 0 radical (unpaired) electrons. The Labute approximate surface area is 118 Å². The van der Waals surface area contributed by atoms with E-state index in [1.54, 1.807) is 4.90 Å². The van der Waals surface area contributed by atoms with E-state index in [1.807, 2.05) is 13.8 Å². The van der Waals surface area contributed by atoms with Crippen molar-refractivity contribution in [3.05, 3.63) is 16.1 Å². The molecule has 2 heterocycles. The average molecular weight is 277 g/mol. The molecule has 1 amide bonds. The highest BCUT2D eigenvalue weighted by Gasteiger charge is 2.41. The largest absolute Gasteiger partial charge is 0.322 e. The van der Waals surface area contributed by atoms with Gasteiger partial charge in [-0.1, -0.05) is 13.8 Å². The summed E-state index contributed by atoms with van der Waals surface area (Å²) < 4.78 is 4.23. The van der Waals surface area contributed by atoms with Crippen LogP contribution in [0, 0.1) is 30.6 Å². The van der Waals surface area contributed by atoms with E-state index >= 15 is 0 Å². The van der Waals surface area contributed by atoms with Crippen molar-refractivity contribution in [1.29, 1.82) is 5.26 Å². The van der Waals surface area contributed by atoms with Crippen LogP contribution >= 0.6 is 11.5 Å². The fraction of sp³-hybridized carbons (Fsp3) is 0.643. The van der Waals surface area contributed by atoms with Gasteiger partial charge in [0.25, 0.3) is 5.91 Å². The maximum Gasteiger partial charge on any atom is 0.257 e. The van der Waals surface area contributed by atoms with E-state index < -0.39 is 0 Å². The second kappa shape index (κ2) is 4.93. The third kappa shape index (κ3) is 2.37. The molecule has 1 aliphatic heterocycles. The number of nitriles is 1. The van der Waals surface area contributed by atoms with Gasteiger partial charge >= 0.3 is 0 Å². The SMILES string of the molecule is Cc1nsc(C)c1C(=O)N1CCCC(C)(C)C1C#N. The smallest absolute Gasteiger partial charge is 0.257 e. The topological polar surface area (TPSA) is 57.0 Å². The van der Waals surface area contributed by atoms with Crippen molar-refractivity contribution in [2.24, 2.45) is 5.41 Å². The van der Waals surface area contributed by atoms with Crippen LogP contribution in [-0.4, -0.2) is 27.8 Å². The van der Waals surface area contributed by atoms with Crippen molar-refractivity contribution in [1.82, 2.24) is 9.27 Å². The molecule has 4 nitrogen and oxygen atoms in total. The minimum atomic E-state index is -0.354. The standard InChI is InChI=1S/C14H19N3OS/c1-9-12(10(2)19-16-9)13(18)17-7-5-6-14(3,4)11(17)8-15/h11H,5-7H2,1-4H3. The van der Waals surface area contributed by atoms with Gasteiger partial charge in [0.15, 0.2) is 0 Å². The molecule has 1 saturated heterocycles. The molecule has 102 valence electrons. The number of carbonyl (C=O) groups is 1. The van der Waals surface area contributed by atoms with Crippen molar-refractivity contribution >= 4 is 17.4 Å². The van der Waals surface area contributed by atoms with Crippen LogP contribution < -0.4 is 0 Å². The summed E-state index contributed by atoms with van der Waals surface area (Å²) in [6.45, 7) is 8.55. The van der Waals surface area contributed by atoms with Crippen LogP contribution in [0.25, 0.3) is 0 Å². The van der Waals surface area contributed by atoms with Gasteiger partial charge in [-0.25, -0.2) is 0 Å². The predicted molar refractivity (Wildman–Crippen MR) is 75.0 cm³/mol. The molecule has 1 unspecified atom stereocenters. The van der Waals surface area contributed by atoms with E-state index in [1.165, 1.54) is 11.5 Å². The van der Waals surface area contributed by atoms with Crippen molar-refractivity contribution in [3.63, 3.8) is 0 Å². The summed E-state index contributed by atoms with van der Waals surface area (Å²) in [6, 6.07) is 1.96. The summed E-state index contributed by atoms with van der Waals surface area (Å²) in [7, 11) is 0. The molecule has 2 rings (SSSR count). The maximum absolute atomic E-state index is 12.7. The van der Waals surface area contributed by atoms with Crippen LogP contribution in [0.15, 0.2) is 0 Å². The summed E-state index contributed by atoms with van der Waals surface area (Å²) in [4.78, 5) is 15.4. The van der Waals surface area contributed by atoms with E-state index in [0.717, 1.165) is 23.4 Å². The van der Waals surface area contributed by atoms with Gasteiger partial charge in [0.1, 0.15) is 6.04 Å². The number of likely N-dealkylation sites (tertiary alicyclic amines) is 1. The van der Waals surface area contributed by atoms with Gasteiger partial charge in [-0.3, -0.25) is 4.79 Å². The van der Waals surface area contributed by atoms with Crippen LogP contribution in [0.4, 0.5) is 0 Å². The second-order valence-corrected chi connectivity index (χ2v) is 6.80. The van der Waals surface area contributed by atoms with Crippen LogP contribution in [-0.2, 0) is 0 Å². The lowest BCUT2D eigenvalue weighted by atomic mass is 9.77. The van der Waals surface area contributed by atoms with Crippen molar-refractivity contribution in [2.75, 3.05) is 6.54 Å². The van der Waals surface area contributed by atoms with Crippen LogP contribution in [0.3, 0.4) is 0 Å². The summed E-state index contributed by atoms with van der Waals surface area (Å²) in [5, 5.41) is 9.43. The fourth-order valence-electron chi connectivity index (χ4n) is 2.79. The molecule has 19 heavy (non-hydrogen) atoms. The monoisotopic (exact) mass is 277 g/mol. The number of aromatic nitrogens is 1. The maximum atomic E-state index is 12.7. The Morgan fingerprint density at radius 1 is 1.53 bits per heavy atom. The van der Waals surface area contributed by atoms with Gasteiger partial charge in [0.2, 0.25) is 0 Å². The second-order valence-electron chi connectivity index (χ2n) is 5.82. The minimum Gasteiger partial charge on any atom is -0.322 e. The molecular weight excluding hydrogens is 258 g/mol. The summed E-state index contributed by atoms with van der Waals surface area (Å²) in [5.74, 6) is -0.0388. The number of rotatable bonds is 1. The number of hydrogen-bond acceptors (Lipinski definition) is 4. The molecule has 0 aromatic carbocycles. The molecule has 0 spiro atoms. The first-order chi connectivity index (χ1) is 8.88. The number of aryl methyl sites for hydroxylation is 2. The minimum absolute atomic E-state index is 0.0388. The van der Waals surface area contributed by atoms with E-state index in [2.05, 4.69) is 24.3 Å². The molecule has 5 heteroatoms. The third-order valence-corrected chi connectivity index (χ3v) is 4.75. The van der Waals surface area contributed by atoms with Crippen molar-refractivity contribution < 1.29 is 4.79 Å². The number of hydrogen-bond donors (Lipinski definition) is 0. The molecule has 1 atom stereocenters. The first-order valence-corrected chi connectivity index (χ1v) is 7.29. The van der Waals surface area contributed by atoms with Crippen LogP contribution in [0.5, 0.6) is 0 Å². The first kappa shape index (κ1) is 14.0. The molecular formula is C14H19N3OS. The normalized spacial score (nSPS) is 22.1. The molecule has 0 aliphatic carbocycles. The highest BCUT2D eigenvalue weighted by Crippen LogP contribution is 2.36. The Balaban J connectivity index is 2.36. The van der Waals surface area contributed by atoms with E-state index in [9.17, 15) is 10.1 Å². The lowest BCUT2D eigenvalue weighted by Gasteiger charge is -2.42. The highest BCUT2D eigenvalue weighted by molar-refractivity contribution is 7.06. The van der Waals surface area contributed by atoms with Gasteiger partial charge in [-0.05, 0) is 43.6 Å². The summed E-state index contributed by atoms with van der Waals surface area (Å²) in [6.07, 6.45) is 1.93. The Morgan fingerprint density at radius 2 is 2.21 bits per heavy atom. The predicted octanol–water partition coefficient (Wildman–Crippen LogP) is 2.91. The fourth-order valence-corrected chi connectivity index (χ4v) is 3.48. The molecule has 1 aliphatic rings. The number of carbonyl (C=O) groups excluding carboxylic acids is 1. The van der Waals surface area contributed by atoms with Crippen molar-refractivity contribution in [3.8, 4) is 6.07 Å². The molecule has 0 N–H and O–H groups in total. The number of piperidine rings is 1. The number of nitrogens with zero attached hydrogens (tertiary/aromatic N) is 3. The van der Waals surface area contributed by atoms with Gasteiger partial charge in [0.05, 0.1) is 17.3 Å². The molecule has 0 bridgehead atoms. The first-order valence-electron chi connectivity index (χ1n) is 6.52. The zero-order valence-electron chi connectivity index (χ0n) is 11.9. The average Bonchev–Trinajstić information content (AvgIpc) is 2.67. The Morgan fingerprint density at radius 3 is 2.74 bits per heavy atom. The zero-order valence-corrected chi connectivity index (χ0v) is 12.7. The quantitative estimate of drug-likeness (QED) is 0.793. The molecule has 1 aromatic rings. The lowest BCUT2D eigenvalue weighted by Crippen LogP contribution is -2.51. The van der Waals surface area contributed by atoms with E-state index in [-0.39, 0.29) is 17.4 Å². The summed E-state index contributed by atoms with van der Waals surface area (Å²) >= 11 is 1.35. The Bertz CT molecular complexity index is 522. The van der Waals surface area contributed by atoms with Crippen LogP contribution in [0.2, 0.25) is 0 Å². The van der Waals surface area contributed by atoms with E-state index in [4.69, 9.17) is 0 Å². The molecule has 1 aromatic heterocycles. The zero-order chi connectivity index (χ0) is 14.2. The van der Waals surface area contributed by atoms with Gasteiger partial charge in [-0.2, -0.15) is 9.64 Å². The van der Waals surface area contributed by atoms with Crippen molar-refractivity contribution in [2.45, 2.75) is 46.6 Å². The van der Waals surface area contributed by atoms with Gasteiger partial charge in [0, 0.05) is 11.4 Å².